The van der Waals surface area contributed by atoms with E-state index >= 15 is 0 Å². The Hall–Kier alpha value is -0.0800. The molecule has 0 spiro atoms. The zero-order valence-corrected chi connectivity index (χ0v) is 10.8. The third-order valence-electron chi connectivity index (χ3n) is 5.52. The van der Waals surface area contributed by atoms with Crippen LogP contribution < -0.4 is 10.2 Å². The molecule has 0 amide bonds. The lowest BCUT2D eigenvalue weighted by Gasteiger charge is -2.34. The lowest BCUT2D eigenvalue weighted by atomic mass is 9.92. The number of piperidine rings is 1. The van der Waals surface area contributed by atoms with Crippen LogP contribution in [0, 0.1) is 0 Å². The first-order chi connectivity index (χ1) is 7.83. The van der Waals surface area contributed by atoms with Gasteiger partial charge < -0.3 is 10.2 Å². The highest BCUT2D eigenvalue weighted by Crippen LogP contribution is 2.21. The molecular formula is C14H28N2+2. The van der Waals surface area contributed by atoms with Crippen LogP contribution in [0.2, 0.25) is 0 Å². The van der Waals surface area contributed by atoms with Gasteiger partial charge in [0.25, 0.3) is 0 Å². The SMILES string of the molecule is C[NH+]1C2CCC1CC([NH2+]C1CCCCC1)C2. The van der Waals surface area contributed by atoms with Crippen LogP contribution in [0.25, 0.3) is 0 Å². The van der Waals surface area contributed by atoms with Crippen LogP contribution in [-0.4, -0.2) is 31.2 Å². The molecule has 2 unspecified atom stereocenters. The summed E-state index contributed by atoms with van der Waals surface area (Å²) < 4.78 is 0. The summed E-state index contributed by atoms with van der Waals surface area (Å²) in [4.78, 5) is 1.85. The number of fused-ring (bicyclic) bond motifs is 2. The fourth-order valence-corrected chi connectivity index (χ4v) is 4.49. The largest absolute Gasteiger partial charge is 0.341 e. The fraction of sp³-hybridized carbons (Fsp3) is 1.00. The number of nitrogens with two attached hydrogens (primary N) is 1. The van der Waals surface area contributed by atoms with Gasteiger partial charge in [-0.2, -0.15) is 0 Å². The molecule has 2 saturated heterocycles. The van der Waals surface area contributed by atoms with E-state index in [2.05, 4.69) is 12.4 Å². The van der Waals surface area contributed by atoms with Crippen LogP contribution in [0.1, 0.15) is 57.8 Å². The Morgan fingerprint density at radius 1 is 0.812 bits per heavy atom. The van der Waals surface area contributed by atoms with E-state index < -0.39 is 0 Å². The third kappa shape index (κ3) is 2.14. The van der Waals surface area contributed by atoms with Crippen molar-refractivity contribution in [3.05, 3.63) is 0 Å². The normalized spacial score (nSPS) is 44.8. The lowest BCUT2D eigenvalue weighted by molar-refractivity contribution is -0.931. The van der Waals surface area contributed by atoms with Gasteiger partial charge in [0.05, 0.1) is 44.1 Å². The van der Waals surface area contributed by atoms with Crippen LogP contribution >= 0.6 is 0 Å². The summed E-state index contributed by atoms with van der Waals surface area (Å²) in [6.45, 7) is 0. The van der Waals surface area contributed by atoms with Gasteiger partial charge in [0.1, 0.15) is 0 Å². The van der Waals surface area contributed by atoms with Gasteiger partial charge >= 0.3 is 0 Å². The van der Waals surface area contributed by atoms with Gasteiger partial charge in [-0.25, -0.2) is 0 Å². The Morgan fingerprint density at radius 2 is 1.44 bits per heavy atom. The van der Waals surface area contributed by atoms with Crippen molar-refractivity contribution >= 4 is 0 Å². The summed E-state index contributed by atoms with van der Waals surface area (Å²) in [5.74, 6) is 0. The highest BCUT2D eigenvalue weighted by molar-refractivity contribution is 4.81. The summed E-state index contributed by atoms with van der Waals surface area (Å²) >= 11 is 0. The molecule has 0 aromatic heterocycles. The molecule has 1 saturated carbocycles. The van der Waals surface area contributed by atoms with E-state index in [4.69, 9.17) is 0 Å². The molecule has 2 atom stereocenters. The highest BCUT2D eigenvalue weighted by atomic mass is 15.2. The summed E-state index contributed by atoms with van der Waals surface area (Å²) in [5, 5.41) is 2.77. The molecule has 3 fully saturated rings. The maximum absolute atomic E-state index is 2.77. The third-order valence-corrected chi connectivity index (χ3v) is 5.52. The summed E-state index contributed by atoms with van der Waals surface area (Å²) in [6, 6.07) is 3.97. The summed E-state index contributed by atoms with van der Waals surface area (Å²) in [7, 11) is 2.43. The van der Waals surface area contributed by atoms with Gasteiger partial charge in [0, 0.05) is 12.8 Å². The van der Waals surface area contributed by atoms with Crippen molar-refractivity contribution in [1.29, 1.82) is 0 Å². The minimum Gasteiger partial charge on any atom is -0.341 e. The fourth-order valence-electron chi connectivity index (χ4n) is 4.49. The Kier molecular flexibility index (Phi) is 3.21. The molecule has 0 radical (unpaired) electrons. The molecule has 1 aliphatic carbocycles. The van der Waals surface area contributed by atoms with Gasteiger partial charge in [0.2, 0.25) is 0 Å². The zero-order chi connectivity index (χ0) is 11.0. The van der Waals surface area contributed by atoms with Crippen LogP contribution in [-0.2, 0) is 0 Å². The van der Waals surface area contributed by atoms with Gasteiger partial charge in [-0.1, -0.05) is 6.42 Å². The van der Waals surface area contributed by atoms with Gasteiger partial charge in [-0.3, -0.25) is 0 Å². The van der Waals surface area contributed by atoms with Crippen molar-refractivity contribution in [2.75, 3.05) is 7.05 Å². The number of quaternary nitrogens is 2. The van der Waals surface area contributed by atoms with Crippen molar-refractivity contribution in [2.45, 2.75) is 82.0 Å². The Labute approximate surface area is 99.8 Å². The standard InChI is InChI=1S/C14H26N2/c1-16-13-7-8-14(16)10-12(9-13)15-11-5-3-2-4-6-11/h11-15H,2-10H2,1H3/p+2. The van der Waals surface area contributed by atoms with Crippen LogP contribution in [0.3, 0.4) is 0 Å². The van der Waals surface area contributed by atoms with Crippen molar-refractivity contribution < 1.29 is 10.2 Å². The zero-order valence-electron chi connectivity index (χ0n) is 10.8. The monoisotopic (exact) mass is 224 g/mol. The first-order valence-electron chi connectivity index (χ1n) is 7.51. The Morgan fingerprint density at radius 3 is 2.06 bits per heavy atom. The Bertz CT molecular complexity index is 221. The van der Waals surface area contributed by atoms with Crippen molar-refractivity contribution in [2.24, 2.45) is 0 Å². The van der Waals surface area contributed by atoms with E-state index in [1.54, 1.807) is 0 Å². The maximum Gasteiger partial charge on any atom is 0.0975 e. The van der Waals surface area contributed by atoms with Crippen LogP contribution in [0.15, 0.2) is 0 Å². The van der Waals surface area contributed by atoms with Crippen LogP contribution in [0.5, 0.6) is 0 Å². The predicted molar refractivity (Wildman–Crippen MR) is 65.5 cm³/mol. The minimum atomic E-state index is 0.976. The minimum absolute atomic E-state index is 0.976. The van der Waals surface area contributed by atoms with E-state index in [1.165, 1.54) is 57.8 Å². The molecule has 0 aromatic rings. The predicted octanol–water partition coefficient (Wildman–Crippen LogP) is 0.0906. The van der Waals surface area contributed by atoms with Crippen molar-refractivity contribution in [1.82, 2.24) is 0 Å². The molecule has 0 aromatic carbocycles. The molecule has 2 bridgehead atoms. The van der Waals surface area contributed by atoms with Crippen molar-refractivity contribution in [3.8, 4) is 0 Å². The quantitative estimate of drug-likeness (QED) is 0.663. The average molecular weight is 224 g/mol. The van der Waals surface area contributed by atoms with Crippen molar-refractivity contribution in [3.63, 3.8) is 0 Å². The molecule has 92 valence electrons. The highest BCUT2D eigenvalue weighted by Gasteiger charge is 2.44. The number of hydrogen-bond donors (Lipinski definition) is 2. The first-order valence-corrected chi connectivity index (χ1v) is 7.51. The van der Waals surface area contributed by atoms with E-state index in [0.717, 1.165) is 24.2 Å². The number of rotatable bonds is 2. The van der Waals surface area contributed by atoms with E-state index in [9.17, 15) is 0 Å². The second-order valence-electron chi connectivity index (χ2n) is 6.54. The van der Waals surface area contributed by atoms with E-state index in [0.29, 0.717) is 0 Å². The lowest BCUT2D eigenvalue weighted by Crippen LogP contribution is -3.17. The molecule has 3 N–H and O–H groups in total. The number of hydrogen-bond acceptors (Lipinski definition) is 0. The molecule has 3 rings (SSSR count). The van der Waals surface area contributed by atoms with Crippen LogP contribution in [0.4, 0.5) is 0 Å². The Balaban J connectivity index is 1.53. The molecule has 2 nitrogen and oxygen atoms in total. The molecular weight excluding hydrogens is 196 g/mol. The topological polar surface area (TPSA) is 21.1 Å². The molecule has 2 heterocycles. The van der Waals surface area contributed by atoms with Gasteiger partial charge in [-0.15, -0.1) is 0 Å². The number of nitrogens with one attached hydrogen (secondary N) is 1. The second-order valence-corrected chi connectivity index (χ2v) is 6.54. The molecule has 3 aliphatic rings. The van der Waals surface area contributed by atoms with E-state index in [1.807, 2.05) is 4.90 Å². The van der Waals surface area contributed by atoms with E-state index in [-0.39, 0.29) is 0 Å². The molecule has 2 aliphatic heterocycles. The summed E-state index contributed by atoms with van der Waals surface area (Å²) in [6.07, 6.45) is 13.5. The molecule has 2 heteroatoms. The molecule has 16 heavy (non-hydrogen) atoms. The second kappa shape index (κ2) is 4.66. The maximum atomic E-state index is 2.77. The first kappa shape index (κ1) is 11.0. The summed E-state index contributed by atoms with van der Waals surface area (Å²) in [5.41, 5.74) is 0. The van der Waals surface area contributed by atoms with Gasteiger partial charge in [0.15, 0.2) is 0 Å². The average Bonchev–Trinajstić information content (AvgIpc) is 2.54. The van der Waals surface area contributed by atoms with Gasteiger partial charge in [-0.05, 0) is 25.7 Å². The smallest absolute Gasteiger partial charge is 0.0975 e.